The first-order chi connectivity index (χ1) is 13.3. The number of esters is 1. The first-order valence-electron chi connectivity index (χ1n) is 9.49. The van der Waals surface area contributed by atoms with E-state index in [0.717, 1.165) is 44.3 Å². The fourth-order valence-electron chi connectivity index (χ4n) is 6.29. The average molecular weight is 414 g/mol. The fourth-order valence-corrected chi connectivity index (χ4v) is 6.51. The number of halogens is 2. The maximum absolute atomic E-state index is 13.6. The molecule has 5 nitrogen and oxygen atoms in total. The smallest absolute Gasteiger partial charge is 0.415 e. The van der Waals surface area contributed by atoms with Crippen LogP contribution >= 0.6 is 12.0 Å². The Kier molecular flexibility index (Phi) is 5.08. The second-order valence-electron chi connectivity index (χ2n) is 8.72. The zero-order valence-corrected chi connectivity index (χ0v) is 16.5. The van der Waals surface area contributed by atoms with Crippen LogP contribution in [0, 0.1) is 17.3 Å². The maximum Gasteiger partial charge on any atom is 0.415 e. The van der Waals surface area contributed by atoms with Gasteiger partial charge in [0, 0.05) is 5.41 Å². The van der Waals surface area contributed by atoms with Crippen molar-refractivity contribution >= 4 is 18.0 Å². The molecule has 4 aliphatic carbocycles. The van der Waals surface area contributed by atoms with Gasteiger partial charge in [-0.3, -0.25) is 0 Å². The van der Waals surface area contributed by atoms with Crippen molar-refractivity contribution in [2.75, 3.05) is 13.7 Å². The van der Waals surface area contributed by atoms with Crippen LogP contribution in [0.15, 0.2) is 24.3 Å². The van der Waals surface area contributed by atoms with Crippen LogP contribution in [0.3, 0.4) is 0 Å². The summed E-state index contributed by atoms with van der Waals surface area (Å²) in [5.41, 5.74) is 1.00. The molecule has 0 heterocycles. The summed E-state index contributed by atoms with van der Waals surface area (Å²) in [6.07, 6.45) is 6.00. The molecule has 4 bridgehead atoms. The predicted molar refractivity (Wildman–Crippen MR) is 99.0 cm³/mol. The minimum absolute atomic E-state index is 0.00817. The summed E-state index contributed by atoms with van der Waals surface area (Å²) in [4.78, 5) is 11.8. The monoisotopic (exact) mass is 414 g/mol. The van der Waals surface area contributed by atoms with E-state index in [9.17, 15) is 13.6 Å². The van der Waals surface area contributed by atoms with Gasteiger partial charge in [-0.2, -0.15) is 13.1 Å². The number of alkyl halides is 2. The normalized spacial score (nSPS) is 33.7. The van der Waals surface area contributed by atoms with Crippen LogP contribution in [0.2, 0.25) is 0 Å². The summed E-state index contributed by atoms with van der Waals surface area (Å²) >= 11 is -0.606. The van der Waals surface area contributed by atoms with E-state index >= 15 is 0 Å². The molecule has 1 aromatic carbocycles. The lowest BCUT2D eigenvalue weighted by atomic mass is 9.43. The van der Waals surface area contributed by atoms with Crippen LogP contribution in [-0.4, -0.2) is 30.2 Å². The Hall–Kier alpha value is -1.38. The minimum atomic E-state index is -3.93. The number of rotatable bonds is 7. The highest BCUT2D eigenvalue weighted by Gasteiger charge is 2.59. The lowest BCUT2D eigenvalue weighted by Crippen LogP contribution is -2.55. The van der Waals surface area contributed by atoms with E-state index in [-0.39, 0.29) is 17.4 Å². The second-order valence-corrected chi connectivity index (χ2v) is 9.55. The van der Waals surface area contributed by atoms with Gasteiger partial charge in [0.25, 0.3) is 0 Å². The minimum Gasteiger partial charge on any atom is -0.497 e. The number of benzene rings is 1. The number of carbonyl (C=O) groups is 1. The van der Waals surface area contributed by atoms with E-state index < -0.39 is 23.3 Å². The van der Waals surface area contributed by atoms with Crippen LogP contribution in [0.5, 0.6) is 5.75 Å². The number of ether oxygens (including phenoxy) is 2. The van der Waals surface area contributed by atoms with Crippen LogP contribution in [-0.2, 0) is 19.3 Å². The molecule has 2 atom stereocenters. The molecule has 5 rings (SSSR count). The lowest BCUT2D eigenvalue weighted by Gasteiger charge is -2.62. The van der Waals surface area contributed by atoms with E-state index in [2.05, 4.69) is 16.5 Å². The van der Waals surface area contributed by atoms with Crippen molar-refractivity contribution < 1.29 is 32.6 Å². The third-order valence-electron chi connectivity index (χ3n) is 6.77. The van der Waals surface area contributed by atoms with Gasteiger partial charge in [-0.1, -0.05) is 12.1 Å². The first-order valence-corrected chi connectivity index (χ1v) is 10.2. The summed E-state index contributed by atoms with van der Waals surface area (Å²) in [5.74, 6) is 0.194. The van der Waals surface area contributed by atoms with Crippen molar-refractivity contribution in [2.45, 2.75) is 49.2 Å². The van der Waals surface area contributed by atoms with Gasteiger partial charge >= 0.3 is 11.2 Å². The fraction of sp³-hybridized carbons (Fsp3) is 0.650. The van der Waals surface area contributed by atoms with Crippen molar-refractivity contribution in [3.63, 3.8) is 0 Å². The Bertz CT molecular complexity index is 725. The van der Waals surface area contributed by atoms with Gasteiger partial charge in [-0.25, -0.2) is 10.1 Å². The highest BCUT2D eigenvalue weighted by Crippen LogP contribution is 2.65. The quantitative estimate of drug-likeness (QED) is 0.299. The Morgan fingerprint density at radius 1 is 1.21 bits per heavy atom. The molecule has 0 spiro atoms. The van der Waals surface area contributed by atoms with Crippen molar-refractivity contribution in [3.8, 4) is 5.75 Å². The zero-order chi connectivity index (χ0) is 20.0. The third kappa shape index (κ3) is 3.50. The van der Waals surface area contributed by atoms with Crippen molar-refractivity contribution in [1.29, 1.82) is 0 Å². The van der Waals surface area contributed by atoms with Gasteiger partial charge < -0.3 is 9.47 Å². The standard InChI is InChI=1S/C20H24F2O5S/c1-25-16-4-2-15(3-5-16)19-9-13-6-14(10-19)8-18(7-13,11-19)12-26-17(23)20(21,22)28-27-24/h2-5,13-14,24H,6-12H2,1H3. The summed E-state index contributed by atoms with van der Waals surface area (Å²) in [6.45, 7) is -0.0156. The van der Waals surface area contributed by atoms with E-state index in [1.165, 1.54) is 5.56 Å². The van der Waals surface area contributed by atoms with Crippen LogP contribution in [0.1, 0.15) is 44.1 Å². The predicted octanol–water partition coefficient (Wildman–Crippen LogP) is 4.81. The summed E-state index contributed by atoms with van der Waals surface area (Å²) in [7, 11) is 1.64. The van der Waals surface area contributed by atoms with Crippen molar-refractivity contribution in [1.82, 2.24) is 0 Å². The molecular weight excluding hydrogens is 390 g/mol. The van der Waals surface area contributed by atoms with Crippen molar-refractivity contribution in [3.05, 3.63) is 29.8 Å². The Morgan fingerprint density at radius 3 is 2.43 bits per heavy atom. The van der Waals surface area contributed by atoms with Gasteiger partial charge in [-0.15, -0.1) is 0 Å². The third-order valence-corrected chi connectivity index (χ3v) is 7.22. The number of hydrogen-bond donors (Lipinski definition) is 1. The van der Waals surface area contributed by atoms with Gasteiger partial charge in [0.2, 0.25) is 0 Å². The molecule has 28 heavy (non-hydrogen) atoms. The highest BCUT2D eigenvalue weighted by atomic mass is 32.2. The first kappa shape index (κ1) is 19.9. The highest BCUT2D eigenvalue weighted by molar-refractivity contribution is 7.96. The number of hydrogen-bond acceptors (Lipinski definition) is 6. The molecule has 4 aliphatic rings. The topological polar surface area (TPSA) is 65.0 Å². The Labute approximate surface area is 166 Å². The molecule has 0 aliphatic heterocycles. The molecule has 0 aromatic heterocycles. The summed E-state index contributed by atoms with van der Waals surface area (Å²) in [6, 6.07) is 8.14. The van der Waals surface area contributed by atoms with Gasteiger partial charge in [0.15, 0.2) is 0 Å². The second kappa shape index (κ2) is 7.15. The molecule has 0 radical (unpaired) electrons. The molecular formula is C20H24F2O5S. The van der Waals surface area contributed by atoms with E-state index in [1.54, 1.807) is 7.11 Å². The number of methoxy groups -OCH3 is 1. The maximum atomic E-state index is 13.6. The molecule has 0 amide bonds. The summed E-state index contributed by atoms with van der Waals surface area (Å²) < 4.78 is 40.8. The molecule has 8 heteroatoms. The van der Waals surface area contributed by atoms with E-state index in [0.29, 0.717) is 11.8 Å². The van der Waals surface area contributed by atoms with Crippen LogP contribution in [0.4, 0.5) is 8.78 Å². The van der Waals surface area contributed by atoms with E-state index in [1.807, 2.05) is 12.1 Å². The van der Waals surface area contributed by atoms with Crippen LogP contribution < -0.4 is 4.74 Å². The van der Waals surface area contributed by atoms with Gasteiger partial charge in [-0.05, 0) is 73.5 Å². The molecule has 1 N–H and O–H groups in total. The molecule has 4 saturated carbocycles. The Morgan fingerprint density at radius 2 is 1.86 bits per heavy atom. The average Bonchev–Trinajstić information content (AvgIpc) is 2.65. The van der Waals surface area contributed by atoms with Gasteiger partial charge in [0.1, 0.15) is 17.8 Å². The Balaban J connectivity index is 1.53. The van der Waals surface area contributed by atoms with Crippen molar-refractivity contribution in [2.24, 2.45) is 17.3 Å². The van der Waals surface area contributed by atoms with Crippen LogP contribution in [0.25, 0.3) is 0 Å². The SMILES string of the molecule is COc1ccc(C23CC4CC(CC(COC(=O)C(F)(F)SOO)(C4)C2)C3)cc1. The molecule has 0 saturated heterocycles. The van der Waals surface area contributed by atoms with E-state index in [4.69, 9.17) is 14.7 Å². The molecule has 2 unspecified atom stereocenters. The van der Waals surface area contributed by atoms with Gasteiger partial charge in [0.05, 0.1) is 13.7 Å². The molecule has 4 fully saturated rings. The lowest BCUT2D eigenvalue weighted by molar-refractivity contribution is -0.175. The largest absolute Gasteiger partial charge is 0.497 e. The zero-order valence-electron chi connectivity index (χ0n) is 15.7. The molecule has 1 aromatic rings. The number of carbonyl (C=O) groups excluding carboxylic acids is 1. The molecule has 154 valence electrons. The summed E-state index contributed by atoms with van der Waals surface area (Å²) in [5, 5.41) is 4.29.